The minimum atomic E-state index is -3.94. The van der Waals surface area contributed by atoms with Gasteiger partial charge in [0, 0.05) is 43.1 Å². The largest absolute Gasteiger partial charge is 0.378 e. The molecular weight excluding hydrogens is 549 g/mol. The van der Waals surface area contributed by atoms with Gasteiger partial charge in [0.1, 0.15) is 5.60 Å². The monoisotopic (exact) mass is 587 g/mol. The molecule has 5 atom stereocenters. The third-order valence-corrected chi connectivity index (χ3v) is 11.7. The van der Waals surface area contributed by atoms with Crippen molar-refractivity contribution in [1.82, 2.24) is 0 Å². The van der Waals surface area contributed by atoms with Crippen LogP contribution in [0.25, 0.3) is 0 Å². The quantitative estimate of drug-likeness (QED) is 0.436. The van der Waals surface area contributed by atoms with E-state index in [0.29, 0.717) is 24.3 Å². The molecule has 6 rings (SSSR count). The number of anilines is 1. The number of allylic oxidation sites excluding steroid dienone is 4. The fourth-order valence-electron chi connectivity index (χ4n) is 8.16. The van der Waals surface area contributed by atoms with Gasteiger partial charge in [0.05, 0.1) is 4.90 Å². The van der Waals surface area contributed by atoms with Crippen LogP contribution < -0.4 is 4.90 Å². The Labute approximate surface area is 248 Å². The number of nitrogens with zero attached hydrogens (tertiary/aromatic N) is 1. The molecule has 0 amide bonds. The zero-order chi connectivity index (χ0) is 29.9. The third-order valence-electron chi connectivity index (χ3n) is 10.5. The van der Waals surface area contributed by atoms with Crippen LogP contribution in [0.15, 0.2) is 76.2 Å². The molecule has 0 heterocycles. The highest BCUT2D eigenvalue weighted by atomic mass is 32.2. The minimum Gasteiger partial charge on any atom is -0.378 e. The normalized spacial score (nSPS) is 30.5. The minimum absolute atomic E-state index is 0.0757. The molecular formula is C35H38FNO4S. The molecule has 42 heavy (non-hydrogen) atoms. The summed E-state index contributed by atoms with van der Waals surface area (Å²) >= 11 is 0. The molecule has 2 fully saturated rings. The van der Waals surface area contributed by atoms with Crippen molar-refractivity contribution < 1.29 is 22.7 Å². The van der Waals surface area contributed by atoms with Gasteiger partial charge in [-0.1, -0.05) is 36.5 Å². The Morgan fingerprint density at radius 1 is 1.02 bits per heavy atom. The van der Waals surface area contributed by atoms with Crippen LogP contribution >= 0.6 is 0 Å². The number of hydrogen-bond acceptors (Lipinski definition) is 5. The lowest BCUT2D eigenvalue weighted by molar-refractivity contribution is -0.114. The van der Waals surface area contributed by atoms with E-state index >= 15 is 0 Å². The third kappa shape index (κ3) is 4.73. The molecule has 2 saturated carbocycles. The van der Waals surface area contributed by atoms with Crippen LogP contribution in [0.1, 0.15) is 68.9 Å². The number of carbonyl (C=O) groups is 1. The van der Waals surface area contributed by atoms with Gasteiger partial charge in [0.15, 0.2) is 11.8 Å². The van der Waals surface area contributed by atoms with E-state index in [1.54, 1.807) is 12.1 Å². The molecule has 220 valence electrons. The summed E-state index contributed by atoms with van der Waals surface area (Å²) < 4.78 is 36.7. The van der Waals surface area contributed by atoms with Gasteiger partial charge in [0.25, 0.3) is 0 Å². The Balaban J connectivity index is 1.41. The smallest absolute Gasteiger partial charge is 0.207 e. The van der Waals surface area contributed by atoms with Crippen molar-refractivity contribution in [3.8, 4) is 11.8 Å². The molecule has 2 aromatic rings. The highest BCUT2D eigenvalue weighted by molar-refractivity contribution is 7.91. The van der Waals surface area contributed by atoms with Crippen molar-refractivity contribution in [1.29, 1.82) is 0 Å². The van der Waals surface area contributed by atoms with Crippen molar-refractivity contribution in [3.63, 3.8) is 0 Å². The number of hydrogen-bond donors (Lipinski definition) is 1. The van der Waals surface area contributed by atoms with Crippen LogP contribution in [-0.4, -0.2) is 45.0 Å². The Bertz CT molecular complexity index is 1640. The first-order chi connectivity index (χ1) is 20.0. The fraction of sp³-hybridized carbons (Fsp3) is 0.457. The second-order valence-corrected chi connectivity index (χ2v) is 14.8. The zero-order valence-corrected chi connectivity index (χ0v) is 25.3. The predicted octanol–water partition coefficient (Wildman–Crippen LogP) is 6.14. The zero-order valence-electron chi connectivity index (χ0n) is 24.5. The summed E-state index contributed by atoms with van der Waals surface area (Å²) in [5.41, 5.74) is 5.35. The molecule has 4 aliphatic carbocycles. The van der Waals surface area contributed by atoms with E-state index < -0.39 is 26.9 Å². The maximum atomic E-state index is 12.9. The SMILES string of the molecule is CN(C)c1ccc([C@H]2C[C@@]3(C)[C@@H](CC[C@@]3(O)C#Cc3ccc(S(=O)(=O)CF)cc3)[C@@H]3CCC4=CC(=O)CCC4=C32)cc1. The van der Waals surface area contributed by atoms with Crippen molar-refractivity contribution in [3.05, 3.63) is 82.5 Å². The first-order valence-electron chi connectivity index (χ1n) is 14.8. The molecule has 4 aliphatic rings. The number of ketones is 1. The number of aliphatic hydroxyl groups is 1. The second kappa shape index (κ2) is 10.5. The van der Waals surface area contributed by atoms with Gasteiger partial charge in [-0.3, -0.25) is 4.79 Å². The maximum Gasteiger partial charge on any atom is 0.207 e. The highest BCUT2D eigenvalue weighted by Gasteiger charge is 2.62. The molecule has 5 nitrogen and oxygen atoms in total. The predicted molar refractivity (Wildman–Crippen MR) is 162 cm³/mol. The Hall–Kier alpha value is -3.21. The van der Waals surface area contributed by atoms with Gasteiger partial charge in [-0.05, 0) is 110 Å². The van der Waals surface area contributed by atoms with Gasteiger partial charge >= 0.3 is 0 Å². The van der Waals surface area contributed by atoms with Gasteiger partial charge in [-0.2, -0.15) is 0 Å². The number of fused-ring (bicyclic) bond motifs is 4. The standard InChI is InChI=1S/C35H38FNO4S/c1-34-21-31(24-6-9-26(10-7-24)37(2)3)33-29-15-11-27(38)20-25(29)8-14-30(33)32(34)17-19-35(34,39)18-16-23-4-12-28(13-5-23)42(40,41)22-36/h4-7,9-10,12-13,20,30-32,39H,8,11,14-15,17,19,21-22H2,1-3H3/t30-,31+,32-,34-,35-/m0/s1. The molecule has 1 N–H and O–H groups in total. The van der Waals surface area contributed by atoms with Crippen LogP contribution in [0.5, 0.6) is 0 Å². The van der Waals surface area contributed by atoms with Gasteiger partial charge < -0.3 is 10.0 Å². The molecule has 2 aromatic carbocycles. The number of alkyl halides is 1. The summed E-state index contributed by atoms with van der Waals surface area (Å²) in [7, 11) is 0.123. The topological polar surface area (TPSA) is 74.7 Å². The first-order valence-corrected chi connectivity index (χ1v) is 16.5. The van der Waals surface area contributed by atoms with E-state index in [1.165, 1.54) is 34.4 Å². The summed E-state index contributed by atoms with van der Waals surface area (Å²) in [5.74, 6) is 7.31. The van der Waals surface area contributed by atoms with Crippen LogP contribution in [0.4, 0.5) is 10.1 Å². The van der Waals surface area contributed by atoms with Crippen LogP contribution in [0.2, 0.25) is 0 Å². The summed E-state index contributed by atoms with van der Waals surface area (Å²) in [6.45, 7) is 2.20. The first kappa shape index (κ1) is 28.9. The number of carbonyl (C=O) groups excluding carboxylic acids is 1. The van der Waals surface area contributed by atoms with Gasteiger partial charge in [-0.15, -0.1) is 0 Å². The van der Waals surface area contributed by atoms with E-state index in [-0.39, 0.29) is 22.5 Å². The maximum absolute atomic E-state index is 12.9. The lowest BCUT2D eigenvalue weighted by Crippen LogP contribution is -2.51. The Morgan fingerprint density at radius 2 is 1.74 bits per heavy atom. The van der Waals surface area contributed by atoms with E-state index in [0.717, 1.165) is 37.8 Å². The lowest BCUT2D eigenvalue weighted by atomic mass is 9.51. The van der Waals surface area contributed by atoms with E-state index in [9.17, 15) is 22.7 Å². The number of halogens is 1. The lowest BCUT2D eigenvalue weighted by Gasteiger charge is -2.53. The van der Waals surface area contributed by atoms with Crippen molar-refractivity contribution in [2.45, 2.75) is 68.3 Å². The fourth-order valence-corrected chi connectivity index (χ4v) is 8.84. The van der Waals surface area contributed by atoms with Crippen molar-refractivity contribution >= 4 is 21.3 Å². The van der Waals surface area contributed by atoms with E-state index in [4.69, 9.17) is 0 Å². The number of rotatable bonds is 4. The summed E-state index contributed by atoms with van der Waals surface area (Å²) in [6.07, 6.45) is 7.31. The average molecular weight is 588 g/mol. The Kier molecular flexibility index (Phi) is 7.22. The van der Waals surface area contributed by atoms with Crippen LogP contribution in [-0.2, 0) is 14.6 Å². The van der Waals surface area contributed by atoms with Crippen molar-refractivity contribution in [2.24, 2.45) is 17.3 Å². The molecule has 0 bridgehead atoms. The van der Waals surface area contributed by atoms with Crippen LogP contribution in [0, 0.1) is 29.1 Å². The molecule has 0 aromatic heterocycles. The molecule has 0 spiro atoms. The molecule has 0 radical (unpaired) electrons. The summed E-state index contributed by atoms with van der Waals surface area (Å²) in [5, 5.41) is 12.3. The molecule has 0 aliphatic heterocycles. The van der Waals surface area contributed by atoms with Crippen LogP contribution in [0.3, 0.4) is 0 Å². The Morgan fingerprint density at radius 3 is 2.40 bits per heavy atom. The molecule has 0 saturated heterocycles. The second-order valence-electron chi connectivity index (χ2n) is 12.9. The van der Waals surface area contributed by atoms with E-state index in [1.807, 2.05) is 20.2 Å². The van der Waals surface area contributed by atoms with Crippen molar-refractivity contribution in [2.75, 3.05) is 25.0 Å². The average Bonchev–Trinajstić information content (AvgIpc) is 3.25. The molecule has 7 heteroatoms. The summed E-state index contributed by atoms with van der Waals surface area (Å²) in [6, 6.07) is 13.2. The molecule has 0 unspecified atom stereocenters. The highest BCUT2D eigenvalue weighted by Crippen LogP contribution is 2.66. The number of sulfone groups is 1. The number of benzene rings is 2. The summed E-state index contributed by atoms with van der Waals surface area (Å²) in [4.78, 5) is 14.3. The van der Waals surface area contributed by atoms with E-state index in [2.05, 4.69) is 47.9 Å². The van der Waals surface area contributed by atoms with Gasteiger partial charge in [0.2, 0.25) is 9.84 Å². The van der Waals surface area contributed by atoms with Gasteiger partial charge in [-0.25, -0.2) is 12.8 Å².